The molecule has 0 saturated heterocycles. The third kappa shape index (κ3) is 5.75. The van der Waals surface area contributed by atoms with E-state index in [2.05, 4.69) is 0 Å². The fourth-order valence-electron chi connectivity index (χ4n) is 2.35. The van der Waals surface area contributed by atoms with Crippen LogP contribution in [0.15, 0.2) is 54.6 Å². The Morgan fingerprint density at radius 2 is 1.74 bits per heavy atom. The minimum atomic E-state index is -0.762. The van der Waals surface area contributed by atoms with Gasteiger partial charge in [-0.25, -0.2) is 0 Å². The fraction of sp³-hybridized carbons (Fsp3) is 0.316. The van der Waals surface area contributed by atoms with Crippen molar-refractivity contribution in [2.75, 3.05) is 13.6 Å². The molecule has 1 atom stereocenters. The summed E-state index contributed by atoms with van der Waals surface area (Å²) in [6, 6.07) is 18.0. The summed E-state index contributed by atoms with van der Waals surface area (Å²) < 4.78 is 5.76. The lowest BCUT2D eigenvalue weighted by molar-refractivity contribution is -0.141. The van der Waals surface area contributed by atoms with Gasteiger partial charge in [0.25, 0.3) is 0 Å². The molecule has 1 N–H and O–H groups in total. The van der Waals surface area contributed by atoms with E-state index in [-0.39, 0.29) is 5.92 Å². The van der Waals surface area contributed by atoms with Crippen molar-refractivity contribution in [3.8, 4) is 5.75 Å². The number of ether oxygens (including phenoxy) is 1. The Balaban J connectivity index is 1.83. The standard InChI is InChI=1S/C19H23NO3/c1-15(19(21)22)12-20(2)13-16-8-10-18(11-9-16)23-14-17-6-4-3-5-7-17/h3-11,15H,12-14H2,1-2H3,(H,21,22). The van der Waals surface area contributed by atoms with Crippen LogP contribution in [0.1, 0.15) is 18.1 Å². The lowest BCUT2D eigenvalue weighted by Crippen LogP contribution is -2.28. The van der Waals surface area contributed by atoms with Gasteiger partial charge < -0.3 is 14.7 Å². The van der Waals surface area contributed by atoms with Crippen LogP contribution in [0.5, 0.6) is 5.75 Å². The van der Waals surface area contributed by atoms with Crippen LogP contribution in [-0.4, -0.2) is 29.6 Å². The third-order valence-corrected chi connectivity index (χ3v) is 3.63. The number of hydrogen-bond donors (Lipinski definition) is 1. The molecule has 0 aliphatic heterocycles. The predicted octanol–water partition coefficient (Wildman–Crippen LogP) is 3.42. The molecular weight excluding hydrogens is 290 g/mol. The summed E-state index contributed by atoms with van der Waals surface area (Å²) in [5, 5.41) is 8.94. The maximum atomic E-state index is 10.9. The first-order valence-electron chi connectivity index (χ1n) is 7.71. The van der Waals surface area contributed by atoms with Crippen molar-refractivity contribution in [2.45, 2.75) is 20.1 Å². The van der Waals surface area contributed by atoms with E-state index in [9.17, 15) is 4.79 Å². The molecule has 0 radical (unpaired) electrons. The van der Waals surface area contributed by atoms with Crippen molar-refractivity contribution in [1.29, 1.82) is 0 Å². The van der Waals surface area contributed by atoms with Crippen LogP contribution < -0.4 is 4.74 Å². The Hall–Kier alpha value is -2.33. The van der Waals surface area contributed by atoms with E-state index in [1.165, 1.54) is 0 Å². The second kappa shape index (κ2) is 8.34. The average molecular weight is 313 g/mol. The van der Waals surface area contributed by atoms with Crippen LogP contribution >= 0.6 is 0 Å². The van der Waals surface area contributed by atoms with Gasteiger partial charge in [-0.05, 0) is 30.3 Å². The number of carboxylic acid groups (broad SMARTS) is 1. The highest BCUT2D eigenvalue weighted by atomic mass is 16.5. The molecule has 0 saturated carbocycles. The van der Waals surface area contributed by atoms with Gasteiger partial charge in [-0.2, -0.15) is 0 Å². The molecule has 0 aliphatic carbocycles. The average Bonchev–Trinajstić information content (AvgIpc) is 2.55. The monoisotopic (exact) mass is 313 g/mol. The number of nitrogens with zero attached hydrogens (tertiary/aromatic N) is 1. The first-order valence-corrected chi connectivity index (χ1v) is 7.71. The van der Waals surface area contributed by atoms with Gasteiger partial charge in [0.2, 0.25) is 0 Å². The van der Waals surface area contributed by atoms with E-state index >= 15 is 0 Å². The van der Waals surface area contributed by atoms with Crippen LogP contribution in [0.2, 0.25) is 0 Å². The predicted molar refractivity (Wildman–Crippen MR) is 90.3 cm³/mol. The lowest BCUT2D eigenvalue weighted by atomic mass is 10.1. The highest BCUT2D eigenvalue weighted by Gasteiger charge is 2.13. The third-order valence-electron chi connectivity index (χ3n) is 3.63. The van der Waals surface area contributed by atoms with Gasteiger partial charge in [0.05, 0.1) is 5.92 Å². The summed E-state index contributed by atoms with van der Waals surface area (Å²) in [6.07, 6.45) is 0. The van der Waals surface area contributed by atoms with E-state index in [1.54, 1.807) is 6.92 Å². The number of carbonyl (C=O) groups is 1. The Kier molecular flexibility index (Phi) is 6.18. The minimum absolute atomic E-state index is 0.367. The van der Waals surface area contributed by atoms with Crippen molar-refractivity contribution in [3.05, 3.63) is 65.7 Å². The molecule has 2 rings (SSSR count). The van der Waals surface area contributed by atoms with Crippen LogP contribution in [-0.2, 0) is 17.9 Å². The summed E-state index contributed by atoms with van der Waals surface area (Å²) in [5.74, 6) is -0.297. The molecule has 4 nitrogen and oxygen atoms in total. The molecule has 0 fully saturated rings. The number of hydrogen-bond acceptors (Lipinski definition) is 3. The molecule has 2 aromatic rings. The molecule has 0 aromatic heterocycles. The molecule has 1 unspecified atom stereocenters. The van der Waals surface area contributed by atoms with E-state index in [0.717, 1.165) is 23.4 Å². The number of carboxylic acids is 1. The molecule has 122 valence electrons. The Morgan fingerprint density at radius 3 is 2.35 bits per heavy atom. The largest absolute Gasteiger partial charge is 0.489 e. The highest BCUT2D eigenvalue weighted by Crippen LogP contribution is 2.15. The molecule has 23 heavy (non-hydrogen) atoms. The van der Waals surface area contributed by atoms with Crippen LogP contribution in [0, 0.1) is 5.92 Å². The zero-order chi connectivity index (χ0) is 16.7. The molecule has 0 spiro atoms. The fourth-order valence-corrected chi connectivity index (χ4v) is 2.35. The zero-order valence-corrected chi connectivity index (χ0v) is 13.6. The quantitative estimate of drug-likeness (QED) is 0.811. The molecule has 0 aliphatic rings. The van der Waals surface area contributed by atoms with Gasteiger partial charge in [-0.15, -0.1) is 0 Å². The number of rotatable bonds is 8. The van der Waals surface area contributed by atoms with Gasteiger partial charge in [-0.3, -0.25) is 4.79 Å². The SMILES string of the molecule is CC(CN(C)Cc1ccc(OCc2ccccc2)cc1)C(=O)O. The summed E-state index contributed by atoms with van der Waals surface area (Å²) >= 11 is 0. The van der Waals surface area contributed by atoms with E-state index in [0.29, 0.717) is 13.2 Å². The van der Waals surface area contributed by atoms with Gasteiger partial charge in [0, 0.05) is 13.1 Å². The molecular formula is C19H23NO3. The van der Waals surface area contributed by atoms with Crippen LogP contribution in [0.25, 0.3) is 0 Å². The number of aliphatic carboxylic acids is 1. The maximum Gasteiger partial charge on any atom is 0.307 e. The molecule has 0 bridgehead atoms. The van der Waals surface area contributed by atoms with Crippen molar-refractivity contribution in [2.24, 2.45) is 5.92 Å². The van der Waals surface area contributed by atoms with E-state index in [4.69, 9.17) is 9.84 Å². The first kappa shape index (κ1) is 17.0. The summed E-state index contributed by atoms with van der Waals surface area (Å²) in [5.41, 5.74) is 2.27. The Bertz CT molecular complexity index is 610. The van der Waals surface area contributed by atoms with Gasteiger partial charge in [0.15, 0.2) is 0 Å². The van der Waals surface area contributed by atoms with Crippen LogP contribution in [0.3, 0.4) is 0 Å². The van der Waals surface area contributed by atoms with E-state index in [1.807, 2.05) is 66.5 Å². The molecule has 0 amide bonds. The normalized spacial score (nSPS) is 12.1. The van der Waals surface area contributed by atoms with Crippen LogP contribution in [0.4, 0.5) is 0 Å². The summed E-state index contributed by atoms with van der Waals surface area (Å²) in [7, 11) is 1.93. The molecule has 0 heterocycles. The lowest BCUT2D eigenvalue weighted by Gasteiger charge is -2.19. The topological polar surface area (TPSA) is 49.8 Å². The molecule has 4 heteroatoms. The zero-order valence-electron chi connectivity index (χ0n) is 13.6. The van der Waals surface area contributed by atoms with Gasteiger partial charge in [-0.1, -0.05) is 49.4 Å². The highest BCUT2D eigenvalue weighted by molar-refractivity contribution is 5.69. The van der Waals surface area contributed by atoms with Gasteiger partial charge >= 0.3 is 5.97 Å². The Labute approximate surface area is 137 Å². The number of benzene rings is 2. The summed E-state index contributed by atoms with van der Waals surface area (Å²) in [6.45, 7) is 3.52. The molecule has 2 aromatic carbocycles. The van der Waals surface area contributed by atoms with Crippen molar-refractivity contribution < 1.29 is 14.6 Å². The maximum absolute atomic E-state index is 10.9. The van der Waals surface area contributed by atoms with Crippen molar-refractivity contribution in [1.82, 2.24) is 4.90 Å². The van der Waals surface area contributed by atoms with Gasteiger partial charge in [0.1, 0.15) is 12.4 Å². The minimum Gasteiger partial charge on any atom is -0.489 e. The smallest absolute Gasteiger partial charge is 0.307 e. The second-order valence-electron chi connectivity index (χ2n) is 5.85. The van der Waals surface area contributed by atoms with Crippen molar-refractivity contribution in [3.63, 3.8) is 0 Å². The first-order chi connectivity index (χ1) is 11.0. The summed E-state index contributed by atoms with van der Waals surface area (Å²) in [4.78, 5) is 12.9. The Morgan fingerprint density at radius 1 is 1.09 bits per heavy atom. The van der Waals surface area contributed by atoms with Crippen molar-refractivity contribution >= 4 is 5.97 Å². The van der Waals surface area contributed by atoms with E-state index < -0.39 is 5.97 Å². The second-order valence-corrected chi connectivity index (χ2v) is 5.85.